The first kappa shape index (κ1) is 30.9. The first-order valence-corrected chi connectivity index (χ1v) is 17.1. The van der Waals surface area contributed by atoms with Crippen LogP contribution in [0.2, 0.25) is 0 Å². The van der Waals surface area contributed by atoms with Crippen LogP contribution in [0.3, 0.4) is 0 Å². The number of hydrogen-bond donors (Lipinski definition) is 2. The molecule has 0 aromatic heterocycles. The average molecular weight is 573 g/mol. The van der Waals surface area contributed by atoms with Crippen LogP contribution < -0.4 is 11.5 Å². The molecule has 1 aliphatic carbocycles. The molecule has 0 atom stereocenters. The van der Waals surface area contributed by atoms with Crippen molar-refractivity contribution in [3.05, 3.63) is 119 Å². The SMILES string of the molecule is CCCCCCCCCCCCCCCCc1ccc2c(c1)C(c1ccc(N)cc1)(c1ccc(N)cc1)c1ccccc1-2. The van der Waals surface area contributed by atoms with Crippen molar-refractivity contribution in [1.82, 2.24) is 0 Å². The number of benzene rings is 4. The molecule has 0 bridgehead atoms. The first-order chi connectivity index (χ1) is 21.1. The van der Waals surface area contributed by atoms with E-state index in [1.165, 1.54) is 129 Å². The fraction of sp³-hybridized carbons (Fsp3) is 0.415. The Balaban J connectivity index is 1.24. The van der Waals surface area contributed by atoms with E-state index in [1.54, 1.807) is 0 Å². The lowest BCUT2D eigenvalue weighted by Gasteiger charge is -2.34. The van der Waals surface area contributed by atoms with Gasteiger partial charge in [0.15, 0.2) is 0 Å². The highest BCUT2D eigenvalue weighted by Crippen LogP contribution is 2.56. The van der Waals surface area contributed by atoms with Gasteiger partial charge in [-0.1, -0.05) is 157 Å². The summed E-state index contributed by atoms with van der Waals surface area (Å²) in [5.74, 6) is 0. The van der Waals surface area contributed by atoms with Gasteiger partial charge in [-0.3, -0.25) is 0 Å². The van der Waals surface area contributed by atoms with Gasteiger partial charge in [0.1, 0.15) is 0 Å². The summed E-state index contributed by atoms with van der Waals surface area (Å²) in [4.78, 5) is 0. The van der Waals surface area contributed by atoms with Crippen molar-refractivity contribution in [2.45, 2.75) is 109 Å². The van der Waals surface area contributed by atoms with Gasteiger partial charge in [0.25, 0.3) is 0 Å². The molecule has 4 aromatic rings. The second kappa shape index (κ2) is 15.3. The molecule has 0 saturated heterocycles. The van der Waals surface area contributed by atoms with Crippen molar-refractivity contribution >= 4 is 11.4 Å². The van der Waals surface area contributed by atoms with Gasteiger partial charge in [-0.25, -0.2) is 0 Å². The van der Waals surface area contributed by atoms with Gasteiger partial charge in [0.05, 0.1) is 5.41 Å². The second-order valence-electron chi connectivity index (χ2n) is 12.8. The van der Waals surface area contributed by atoms with Crippen molar-refractivity contribution < 1.29 is 0 Å². The molecule has 0 heterocycles. The standard InChI is InChI=1S/C41H52N2/c1-2-3-4-5-6-7-8-9-10-11-12-13-14-15-18-32-21-30-38-37-19-16-17-20-39(37)41(40(38)31-32,33-22-26-35(42)27-23-33)34-24-28-36(43)29-25-34/h16-17,19-31H,2-15,18,42-43H2,1H3. The van der Waals surface area contributed by atoms with Crippen LogP contribution in [0.1, 0.15) is 125 Å². The second-order valence-corrected chi connectivity index (χ2v) is 12.8. The molecule has 0 unspecified atom stereocenters. The topological polar surface area (TPSA) is 52.0 Å². The molecule has 5 rings (SSSR count). The van der Waals surface area contributed by atoms with E-state index in [-0.39, 0.29) is 0 Å². The largest absolute Gasteiger partial charge is 0.399 e. The highest BCUT2D eigenvalue weighted by atomic mass is 14.6. The summed E-state index contributed by atoms with van der Waals surface area (Å²) in [7, 11) is 0. The molecular formula is C41H52N2. The first-order valence-electron chi connectivity index (χ1n) is 17.1. The molecule has 1 aliphatic rings. The van der Waals surface area contributed by atoms with Crippen LogP contribution in [0.25, 0.3) is 11.1 Å². The molecule has 226 valence electrons. The van der Waals surface area contributed by atoms with Crippen molar-refractivity contribution in [3.63, 3.8) is 0 Å². The van der Waals surface area contributed by atoms with E-state index in [1.807, 2.05) is 24.3 Å². The van der Waals surface area contributed by atoms with Crippen LogP contribution in [0.15, 0.2) is 91.0 Å². The minimum absolute atomic E-state index is 0.404. The number of fused-ring (bicyclic) bond motifs is 3. The third-order valence-electron chi connectivity index (χ3n) is 9.62. The maximum absolute atomic E-state index is 6.17. The summed E-state index contributed by atoms with van der Waals surface area (Å²) >= 11 is 0. The van der Waals surface area contributed by atoms with Gasteiger partial charge >= 0.3 is 0 Å². The normalized spacial score (nSPS) is 13.1. The third-order valence-corrected chi connectivity index (χ3v) is 9.62. The van der Waals surface area contributed by atoms with Crippen LogP contribution in [0.4, 0.5) is 11.4 Å². The molecule has 0 aliphatic heterocycles. The van der Waals surface area contributed by atoms with E-state index in [2.05, 4.69) is 73.7 Å². The van der Waals surface area contributed by atoms with Gasteiger partial charge in [-0.05, 0) is 76.1 Å². The van der Waals surface area contributed by atoms with E-state index < -0.39 is 5.41 Å². The van der Waals surface area contributed by atoms with E-state index >= 15 is 0 Å². The van der Waals surface area contributed by atoms with Gasteiger partial charge in [-0.15, -0.1) is 0 Å². The fourth-order valence-electron chi connectivity index (χ4n) is 7.26. The minimum Gasteiger partial charge on any atom is -0.399 e. The Hall–Kier alpha value is -3.52. The maximum atomic E-state index is 6.17. The summed E-state index contributed by atoms with van der Waals surface area (Å²) in [6.07, 6.45) is 20.6. The fourth-order valence-corrected chi connectivity index (χ4v) is 7.26. The minimum atomic E-state index is -0.404. The van der Waals surface area contributed by atoms with Gasteiger partial charge in [0, 0.05) is 11.4 Å². The number of aryl methyl sites for hydroxylation is 1. The van der Waals surface area contributed by atoms with Crippen LogP contribution in [-0.4, -0.2) is 0 Å². The summed E-state index contributed by atoms with van der Waals surface area (Å²) in [5.41, 5.74) is 22.8. The molecule has 43 heavy (non-hydrogen) atoms. The number of anilines is 2. The molecule has 2 heteroatoms. The molecule has 2 nitrogen and oxygen atoms in total. The third kappa shape index (κ3) is 7.18. The lowest BCUT2D eigenvalue weighted by Crippen LogP contribution is -2.28. The Bertz CT molecular complexity index is 1370. The highest BCUT2D eigenvalue weighted by Gasteiger charge is 2.46. The highest BCUT2D eigenvalue weighted by molar-refractivity contribution is 5.86. The molecular weight excluding hydrogens is 520 g/mol. The molecule has 0 amide bonds. The van der Waals surface area contributed by atoms with Gasteiger partial charge < -0.3 is 11.5 Å². The van der Waals surface area contributed by atoms with E-state index in [0.29, 0.717) is 0 Å². The maximum Gasteiger partial charge on any atom is 0.0713 e. The number of unbranched alkanes of at least 4 members (excludes halogenated alkanes) is 13. The predicted octanol–water partition coefficient (Wildman–Crippen LogP) is 11.2. The number of nitrogens with two attached hydrogens (primary N) is 2. The Morgan fingerprint density at radius 3 is 1.47 bits per heavy atom. The Kier molecular flexibility index (Phi) is 11.0. The number of hydrogen-bond acceptors (Lipinski definition) is 2. The van der Waals surface area contributed by atoms with Crippen molar-refractivity contribution in [2.24, 2.45) is 0 Å². The average Bonchev–Trinajstić information content (AvgIpc) is 3.32. The zero-order valence-electron chi connectivity index (χ0n) is 26.4. The Labute approximate surface area is 260 Å². The monoisotopic (exact) mass is 572 g/mol. The summed E-state index contributed by atoms with van der Waals surface area (Å²) in [5, 5.41) is 0. The van der Waals surface area contributed by atoms with Crippen molar-refractivity contribution in [2.75, 3.05) is 11.5 Å². The molecule has 0 fully saturated rings. The summed E-state index contributed by atoms with van der Waals surface area (Å²) < 4.78 is 0. The molecule has 0 saturated carbocycles. The molecule has 0 spiro atoms. The Morgan fingerprint density at radius 2 is 0.930 bits per heavy atom. The van der Waals surface area contributed by atoms with Crippen LogP contribution >= 0.6 is 0 Å². The lowest BCUT2D eigenvalue weighted by atomic mass is 9.67. The smallest absolute Gasteiger partial charge is 0.0713 e. The predicted molar refractivity (Wildman–Crippen MR) is 187 cm³/mol. The van der Waals surface area contributed by atoms with Crippen molar-refractivity contribution in [1.29, 1.82) is 0 Å². The molecule has 4 aromatic carbocycles. The van der Waals surface area contributed by atoms with E-state index in [0.717, 1.165) is 17.8 Å². The van der Waals surface area contributed by atoms with E-state index in [9.17, 15) is 0 Å². The van der Waals surface area contributed by atoms with Crippen LogP contribution in [0.5, 0.6) is 0 Å². The van der Waals surface area contributed by atoms with Crippen LogP contribution in [-0.2, 0) is 11.8 Å². The van der Waals surface area contributed by atoms with Crippen molar-refractivity contribution in [3.8, 4) is 11.1 Å². The summed E-state index contributed by atoms with van der Waals surface area (Å²) in [6.45, 7) is 2.29. The lowest BCUT2D eigenvalue weighted by molar-refractivity contribution is 0.535. The van der Waals surface area contributed by atoms with Gasteiger partial charge in [-0.2, -0.15) is 0 Å². The molecule has 0 radical (unpaired) electrons. The zero-order chi connectivity index (χ0) is 29.9. The summed E-state index contributed by atoms with van der Waals surface area (Å²) in [6, 6.07) is 33.1. The number of nitrogen functional groups attached to an aromatic ring is 2. The quantitative estimate of drug-likeness (QED) is 0.0860. The zero-order valence-corrected chi connectivity index (χ0v) is 26.4. The Morgan fingerprint density at radius 1 is 0.465 bits per heavy atom. The molecule has 4 N–H and O–H groups in total. The van der Waals surface area contributed by atoms with Crippen LogP contribution in [0, 0.1) is 0 Å². The van der Waals surface area contributed by atoms with E-state index in [4.69, 9.17) is 11.5 Å². The van der Waals surface area contributed by atoms with Gasteiger partial charge in [0.2, 0.25) is 0 Å². The number of rotatable bonds is 17.